The zero-order chi connectivity index (χ0) is 21.5. The molecule has 3 heterocycles. The molecule has 154 valence electrons. The summed E-state index contributed by atoms with van der Waals surface area (Å²) >= 11 is 0. The summed E-state index contributed by atoms with van der Waals surface area (Å²) in [6, 6.07) is 17.2. The molecular formula is C24H21N5O2. The normalized spacial score (nSPS) is 11.5. The van der Waals surface area contributed by atoms with Gasteiger partial charge in [0, 0.05) is 24.2 Å². The standard InChI is InChI=1S/C24H21N5O2/c1-14(2)29-23-19(13-25-29)18(12-20(28-23)16-7-5-4-6-8-16)24(30)27-17-9-10-22-21(11-17)26-15(3)31-22/h4-14H,1-3H3,(H,27,30). The Balaban J connectivity index is 1.60. The van der Waals surface area contributed by atoms with E-state index in [2.05, 4.69) is 15.4 Å². The molecule has 31 heavy (non-hydrogen) atoms. The van der Waals surface area contributed by atoms with Crippen LogP contribution in [0.2, 0.25) is 0 Å². The zero-order valence-corrected chi connectivity index (χ0v) is 17.5. The fourth-order valence-electron chi connectivity index (χ4n) is 3.66. The average Bonchev–Trinajstić information content (AvgIpc) is 3.35. The molecule has 5 aromatic rings. The lowest BCUT2D eigenvalue weighted by molar-refractivity contribution is 0.102. The first-order valence-corrected chi connectivity index (χ1v) is 10.1. The third-order valence-electron chi connectivity index (χ3n) is 5.12. The Hall–Kier alpha value is -4.00. The van der Waals surface area contributed by atoms with Gasteiger partial charge in [-0.1, -0.05) is 30.3 Å². The molecule has 1 N–H and O–H groups in total. The number of amides is 1. The zero-order valence-electron chi connectivity index (χ0n) is 17.5. The molecule has 0 radical (unpaired) electrons. The van der Waals surface area contributed by atoms with Crippen molar-refractivity contribution < 1.29 is 9.21 Å². The van der Waals surface area contributed by atoms with Crippen molar-refractivity contribution in [2.24, 2.45) is 0 Å². The SMILES string of the molecule is Cc1nc2cc(NC(=O)c3cc(-c4ccccc4)nc4c3cnn4C(C)C)ccc2o1. The van der Waals surface area contributed by atoms with Crippen LogP contribution in [-0.2, 0) is 0 Å². The van der Waals surface area contributed by atoms with Crippen molar-refractivity contribution in [2.45, 2.75) is 26.8 Å². The number of aromatic nitrogens is 4. The summed E-state index contributed by atoms with van der Waals surface area (Å²) in [6.07, 6.45) is 1.70. The number of oxazole rings is 1. The van der Waals surface area contributed by atoms with Gasteiger partial charge in [-0.25, -0.2) is 14.6 Å². The van der Waals surface area contributed by atoms with Crippen LogP contribution in [0.5, 0.6) is 0 Å². The number of anilines is 1. The van der Waals surface area contributed by atoms with Crippen LogP contribution in [0.25, 0.3) is 33.4 Å². The minimum absolute atomic E-state index is 0.116. The predicted molar refractivity (Wildman–Crippen MR) is 120 cm³/mol. The first-order valence-electron chi connectivity index (χ1n) is 10.1. The van der Waals surface area contributed by atoms with Gasteiger partial charge < -0.3 is 9.73 Å². The summed E-state index contributed by atoms with van der Waals surface area (Å²) in [5.74, 6) is 0.357. The van der Waals surface area contributed by atoms with Gasteiger partial charge in [-0.3, -0.25) is 4.79 Å². The Labute approximate surface area is 178 Å². The highest BCUT2D eigenvalue weighted by molar-refractivity contribution is 6.13. The molecule has 1 amide bonds. The Kier molecular flexibility index (Phi) is 4.51. The predicted octanol–water partition coefficient (Wildman–Crippen LogP) is 5.38. The van der Waals surface area contributed by atoms with E-state index in [1.165, 1.54) is 0 Å². The summed E-state index contributed by atoms with van der Waals surface area (Å²) < 4.78 is 7.35. The van der Waals surface area contributed by atoms with Crippen molar-refractivity contribution in [3.63, 3.8) is 0 Å². The lowest BCUT2D eigenvalue weighted by Crippen LogP contribution is -2.13. The molecule has 0 saturated carbocycles. The van der Waals surface area contributed by atoms with Crippen LogP contribution in [0.1, 0.15) is 36.1 Å². The lowest BCUT2D eigenvalue weighted by atomic mass is 10.1. The number of hydrogen-bond donors (Lipinski definition) is 1. The van der Waals surface area contributed by atoms with E-state index in [1.807, 2.05) is 54.9 Å². The van der Waals surface area contributed by atoms with Gasteiger partial charge in [0.05, 0.1) is 22.8 Å². The molecule has 5 rings (SSSR count). The molecule has 3 aromatic heterocycles. The van der Waals surface area contributed by atoms with Gasteiger partial charge in [0.1, 0.15) is 5.52 Å². The largest absolute Gasteiger partial charge is 0.441 e. The molecular weight excluding hydrogens is 390 g/mol. The van der Waals surface area contributed by atoms with Crippen LogP contribution in [0, 0.1) is 6.92 Å². The quantitative estimate of drug-likeness (QED) is 0.429. The third-order valence-corrected chi connectivity index (χ3v) is 5.12. The van der Waals surface area contributed by atoms with Crippen molar-refractivity contribution in [3.05, 3.63) is 72.2 Å². The fourth-order valence-corrected chi connectivity index (χ4v) is 3.66. The summed E-state index contributed by atoms with van der Waals surface area (Å²) in [5.41, 5.74) is 4.90. The number of aryl methyl sites for hydroxylation is 1. The van der Waals surface area contributed by atoms with E-state index in [0.717, 1.165) is 11.3 Å². The molecule has 0 unspecified atom stereocenters. The molecule has 0 saturated heterocycles. The molecule has 0 aliphatic carbocycles. The van der Waals surface area contributed by atoms with Crippen LogP contribution < -0.4 is 5.32 Å². The van der Waals surface area contributed by atoms with Crippen LogP contribution in [0.4, 0.5) is 5.69 Å². The van der Waals surface area contributed by atoms with E-state index in [0.29, 0.717) is 39.3 Å². The summed E-state index contributed by atoms with van der Waals surface area (Å²) in [6.45, 7) is 5.87. The monoisotopic (exact) mass is 411 g/mol. The second-order valence-corrected chi connectivity index (χ2v) is 7.71. The number of fused-ring (bicyclic) bond motifs is 2. The van der Waals surface area contributed by atoms with E-state index >= 15 is 0 Å². The van der Waals surface area contributed by atoms with E-state index in [1.54, 1.807) is 31.3 Å². The molecule has 0 fully saturated rings. The number of benzene rings is 2. The van der Waals surface area contributed by atoms with Crippen molar-refractivity contribution in [1.82, 2.24) is 19.7 Å². The number of carbonyl (C=O) groups is 1. The Morgan fingerprint density at radius 1 is 1.06 bits per heavy atom. The second-order valence-electron chi connectivity index (χ2n) is 7.71. The summed E-state index contributed by atoms with van der Waals surface area (Å²) in [4.78, 5) is 22.5. The second kappa shape index (κ2) is 7.36. The number of nitrogens with zero attached hydrogens (tertiary/aromatic N) is 4. The fraction of sp³-hybridized carbons (Fsp3) is 0.167. The van der Waals surface area contributed by atoms with Gasteiger partial charge in [0.2, 0.25) is 0 Å². The summed E-state index contributed by atoms with van der Waals surface area (Å²) in [5, 5.41) is 8.17. The maximum absolute atomic E-state index is 13.3. The molecule has 0 atom stereocenters. The Morgan fingerprint density at radius 3 is 2.65 bits per heavy atom. The van der Waals surface area contributed by atoms with Gasteiger partial charge in [-0.05, 0) is 38.1 Å². The van der Waals surface area contributed by atoms with Crippen LogP contribution >= 0.6 is 0 Å². The van der Waals surface area contributed by atoms with Gasteiger partial charge in [-0.15, -0.1) is 0 Å². The molecule has 0 aliphatic rings. The average molecular weight is 411 g/mol. The van der Waals surface area contributed by atoms with Gasteiger partial charge in [0.15, 0.2) is 17.1 Å². The maximum atomic E-state index is 13.3. The highest BCUT2D eigenvalue weighted by Gasteiger charge is 2.19. The van der Waals surface area contributed by atoms with Crippen LogP contribution in [-0.4, -0.2) is 25.7 Å². The number of rotatable bonds is 4. The Morgan fingerprint density at radius 2 is 1.87 bits per heavy atom. The van der Waals surface area contributed by atoms with Crippen molar-refractivity contribution >= 4 is 33.7 Å². The van der Waals surface area contributed by atoms with Crippen LogP contribution in [0.3, 0.4) is 0 Å². The lowest BCUT2D eigenvalue weighted by Gasteiger charge is -2.11. The number of pyridine rings is 1. The number of nitrogens with one attached hydrogen (secondary N) is 1. The smallest absolute Gasteiger partial charge is 0.256 e. The molecule has 0 spiro atoms. The topological polar surface area (TPSA) is 85.8 Å². The van der Waals surface area contributed by atoms with E-state index < -0.39 is 0 Å². The van der Waals surface area contributed by atoms with Gasteiger partial charge in [0.25, 0.3) is 5.91 Å². The summed E-state index contributed by atoms with van der Waals surface area (Å²) in [7, 11) is 0. The minimum Gasteiger partial charge on any atom is -0.441 e. The highest BCUT2D eigenvalue weighted by Crippen LogP contribution is 2.27. The molecule has 2 aromatic carbocycles. The maximum Gasteiger partial charge on any atom is 0.256 e. The van der Waals surface area contributed by atoms with Gasteiger partial charge in [-0.2, -0.15) is 5.10 Å². The van der Waals surface area contributed by atoms with Crippen molar-refractivity contribution in [3.8, 4) is 11.3 Å². The molecule has 0 bridgehead atoms. The van der Waals surface area contributed by atoms with E-state index in [4.69, 9.17) is 9.40 Å². The van der Waals surface area contributed by atoms with E-state index in [9.17, 15) is 4.79 Å². The highest BCUT2D eigenvalue weighted by atomic mass is 16.3. The minimum atomic E-state index is -0.229. The first kappa shape index (κ1) is 19.0. The Bertz CT molecular complexity index is 1420. The van der Waals surface area contributed by atoms with Crippen LogP contribution in [0.15, 0.2) is 65.2 Å². The van der Waals surface area contributed by atoms with Crippen molar-refractivity contribution in [2.75, 3.05) is 5.32 Å². The number of hydrogen-bond acceptors (Lipinski definition) is 5. The molecule has 7 nitrogen and oxygen atoms in total. The number of carbonyl (C=O) groups excluding carboxylic acids is 1. The first-order chi connectivity index (χ1) is 15.0. The third kappa shape index (κ3) is 3.44. The van der Waals surface area contributed by atoms with Crippen molar-refractivity contribution in [1.29, 1.82) is 0 Å². The van der Waals surface area contributed by atoms with Gasteiger partial charge >= 0.3 is 0 Å². The molecule has 0 aliphatic heterocycles. The van der Waals surface area contributed by atoms with E-state index in [-0.39, 0.29) is 11.9 Å². The molecule has 7 heteroatoms.